The van der Waals surface area contributed by atoms with Crippen LogP contribution >= 0.6 is 11.3 Å². The third kappa shape index (κ3) is 0.695. The lowest BCUT2D eigenvalue weighted by atomic mass is 10.4. The van der Waals surface area contributed by atoms with Gasteiger partial charge in [0.1, 0.15) is 17.4 Å². The molecule has 0 bridgehead atoms. The SMILES string of the molecule is [c]1ncnc2sccc12. The molecule has 43 valence electrons. The highest BCUT2D eigenvalue weighted by atomic mass is 32.1. The van der Waals surface area contributed by atoms with Crippen molar-refractivity contribution in [3.8, 4) is 0 Å². The molecule has 2 aromatic rings. The largest absolute Gasteiger partial charge is 0.234 e. The summed E-state index contributed by atoms with van der Waals surface area (Å²) >= 11 is 1.60. The molecule has 0 aliphatic carbocycles. The Morgan fingerprint density at radius 3 is 3.44 bits per heavy atom. The van der Waals surface area contributed by atoms with Crippen molar-refractivity contribution in [2.45, 2.75) is 0 Å². The Kier molecular flexibility index (Phi) is 0.960. The van der Waals surface area contributed by atoms with Crippen LogP contribution in [0.15, 0.2) is 17.8 Å². The minimum atomic E-state index is 1.00. The molecular weight excluding hydrogens is 132 g/mol. The summed E-state index contributed by atoms with van der Waals surface area (Å²) in [6.45, 7) is 0. The molecule has 0 unspecified atom stereocenters. The standard InChI is InChI=1S/C6H3N2S/c1-2-9-6-5(1)3-7-4-8-6/h1-2,4H. The molecule has 2 heterocycles. The second kappa shape index (κ2) is 1.77. The number of hydrogen-bond acceptors (Lipinski definition) is 3. The Morgan fingerprint density at radius 2 is 2.56 bits per heavy atom. The number of hydrogen-bond donors (Lipinski definition) is 0. The van der Waals surface area contributed by atoms with Crippen molar-refractivity contribution in [2.24, 2.45) is 0 Å². The average molecular weight is 135 g/mol. The lowest BCUT2D eigenvalue weighted by Gasteiger charge is -1.79. The molecule has 0 aromatic carbocycles. The van der Waals surface area contributed by atoms with Gasteiger partial charge in [-0.05, 0) is 11.4 Å². The van der Waals surface area contributed by atoms with E-state index in [0.717, 1.165) is 10.2 Å². The summed E-state index contributed by atoms with van der Waals surface area (Å²) in [4.78, 5) is 8.78. The van der Waals surface area contributed by atoms with Gasteiger partial charge in [-0.15, -0.1) is 11.3 Å². The summed E-state index contributed by atoms with van der Waals surface area (Å²) in [5, 5.41) is 2.98. The fraction of sp³-hybridized carbons (Fsp3) is 0. The normalized spacial score (nSPS) is 10.2. The van der Waals surface area contributed by atoms with Crippen molar-refractivity contribution in [1.29, 1.82) is 0 Å². The van der Waals surface area contributed by atoms with E-state index < -0.39 is 0 Å². The molecule has 3 heteroatoms. The molecule has 0 amide bonds. The molecule has 0 aliphatic heterocycles. The summed E-state index contributed by atoms with van der Waals surface area (Å²) in [7, 11) is 0. The summed E-state index contributed by atoms with van der Waals surface area (Å²) in [5.74, 6) is 0. The van der Waals surface area contributed by atoms with Gasteiger partial charge in [0, 0.05) is 5.39 Å². The highest BCUT2D eigenvalue weighted by molar-refractivity contribution is 7.16. The van der Waals surface area contributed by atoms with Gasteiger partial charge in [0.05, 0.1) is 0 Å². The van der Waals surface area contributed by atoms with E-state index in [1.54, 1.807) is 11.3 Å². The second-order valence-electron chi connectivity index (χ2n) is 1.62. The minimum Gasteiger partial charge on any atom is -0.234 e. The van der Waals surface area contributed by atoms with Crippen LogP contribution in [0, 0.1) is 6.20 Å². The van der Waals surface area contributed by atoms with Gasteiger partial charge in [0.25, 0.3) is 0 Å². The van der Waals surface area contributed by atoms with Crippen LogP contribution in [0.4, 0.5) is 0 Å². The first-order chi connectivity index (χ1) is 4.47. The molecule has 0 atom stereocenters. The van der Waals surface area contributed by atoms with E-state index in [4.69, 9.17) is 0 Å². The third-order valence-corrected chi connectivity index (χ3v) is 1.88. The highest BCUT2D eigenvalue weighted by Crippen LogP contribution is 2.14. The van der Waals surface area contributed by atoms with Gasteiger partial charge in [-0.1, -0.05) is 0 Å². The van der Waals surface area contributed by atoms with E-state index in [2.05, 4.69) is 16.2 Å². The topological polar surface area (TPSA) is 25.8 Å². The first kappa shape index (κ1) is 4.88. The molecule has 2 aromatic heterocycles. The number of fused-ring (bicyclic) bond motifs is 1. The first-order valence-electron chi connectivity index (χ1n) is 2.53. The zero-order valence-corrected chi connectivity index (χ0v) is 5.35. The maximum Gasteiger partial charge on any atom is 0.127 e. The molecule has 2 rings (SSSR count). The Labute approximate surface area is 56.2 Å². The predicted octanol–water partition coefficient (Wildman–Crippen LogP) is 1.49. The van der Waals surface area contributed by atoms with Gasteiger partial charge in [0.15, 0.2) is 0 Å². The molecule has 0 saturated heterocycles. The minimum absolute atomic E-state index is 1.00. The van der Waals surface area contributed by atoms with Crippen molar-refractivity contribution >= 4 is 21.6 Å². The van der Waals surface area contributed by atoms with Crippen LogP contribution in [0.25, 0.3) is 10.2 Å². The molecule has 2 nitrogen and oxygen atoms in total. The van der Waals surface area contributed by atoms with Crippen molar-refractivity contribution in [1.82, 2.24) is 9.97 Å². The number of rotatable bonds is 0. The number of thiophene rings is 1. The Balaban J connectivity index is 2.95. The predicted molar refractivity (Wildman–Crippen MR) is 36.3 cm³/mol. The fourth-order valence-electron chi connectivity index (χ4n) is 0.666. The number of nitrogens with zero attached hydrogens (tertiary/aromatic N) is 2. The monoisotopic (exact) mass is 135 g/mol. The van der Waals surface area contributed by atoms with E-state index in [1.165, 1.54) is 6.33 Å². The van der Waals surface area contributed by atoms with Gasteiger partial charge in [-0.2, -0.15) is 0 Å². The first-order valence-corrected chi connectivity index (χ1v) is 3.41. The van der Waals surface area contributed by atoms with E-state index >= 15 is 0 Å². The zero-order valence-electron chi connectivity index (χ0n) is 4.53. The van der Waals surface area contributed by atoms with Gasteiger partial charge >= 0.3 is 0 Å². The van der Waals surface area contributed by atoms with Crippen LogP contribution in [0.3, 0.4) is 0 Å². The molecule has 0 saturated carbocycles. The van der Waals surface area contributed by atoms with E-state index in [0.29, 0.717) is 0 Å². The fourth-order valence-corrected chi connectivity index (χ4v) is 1.35. The van der Waals surface area contributed by atoms with E-state index in [9.17, 15) is 0 Å². The van der Waals surface area contributed by atoms with Crippen LogP contribution in [0.2, 0.25) is 0 Å². The molecule has 0 N–H and O–H groups in total. The smallest absolute Gasteiger partial charge is 0.127 e. The lowest BCUT2D eigenvalue weighted by molar-refractivity contribution is 1.22. The second-order valence-corrected chi connectivity index (χ2v) is 2.52. The quantitative estimate of drug-likeness (QED) is 0.547. The van der Waals surface area contributed by atoms with Crippen LogP contribution in [0.1, 0.15) is 0 Å². The lowest BCUT2D eigenvalue weighted by Crippen LogP contribution is -1.72. The van der Waals surface area contributed by atoms with Crippen LogP contribution in [0.5, 0.6) is 0 Å². The van der Waals surface area contributed by atoms with Crippen LogP contribution < -0.4 is 0 Å². The summed E-state index contributed by atoms with van der Waals surface area (Å²) in [5.41, 5.74) is 0. The molecule has 0 aliphatic rings. The molecule has 9 heavy (non-hydrogen) atoms. The van der Waals surface area contributed by atoms with Crippen molar-refractivity contribution in [3.05, 3.63) is 24.0 Å². The van der Waals surface area contributed by atoms with Crippen molar-refractivity contribution in [2.75, 3.05) is 0 Å². The van der Waals surface area contributed by atoms with Gasteiger partial charge < -0.3 is 0 Å². The highest BCUT2D eigenvalue weighted by Gasteiger charge is 1.91. The molecule has 0 spiro atoms. The molecular formula is C6H3N2S. The van der Waals surface area contributed by atoms with E-state index in [-0.39, 0.29) is 0 Å². The van der Waals surface area contributed by atoms with Gasteiger partial charge in [-0.3, -0.25) is 0 Å². The van der Waals surface area contributed by atoms with Crippen molar-refractivity contribution in [3.63, 3.8) is 0 Å². The Morgan fingerprint density at radius 1 is 1.56 bits per heavy atom. The van der Waals surface area contributed by atoms with Crippen molar-refractivity contribution < 1.29 is 0 Å². The average Bonchev–Trinajstić information content (AvgIpc) is 2.33. The summed E-state index contributed by atoms with van der Waals surface area (Å²) in [6, 6.07) is 1.96. The summed E-state index contributed by atoms with van der Waals surface area (Å²) < 4.78 is 0. The van der Waals surface area contributed by atoms with Gasteiger partial charge in [0.2, 0.25) is 0 Å². The third-order valence-electron chi connectivity index (χ3n) is 1.06. The Bertz CT molecular complexity index is 285. The zero-order chi connectivity index (χ0) is 6.10. The van der Waals surface area contributed by atoms with E-state index in [1.807, 2.05) is 11.4 Å². The maximum atomic E-state index is 4.02. The van der Waals surface area contributed by atoms with Crippen LogP contribution in [-0.4, -0.2) is 9.97 Å². The maximum absolute atomic E-state index is 4.02. The van der Waals surface area contributed by atoms with Crippen LogP contribution in [-0.2, 0) is 0 Å². The molecule has 0 fully saturated rings. The Hall–Kier alpha value is -0.960. The van der Waals surface area contributed by atoms with Gasteiger partial charge in [-0.25, -0.2) is 9.97 Å². The number of aromatic nitrogens is 2. The molecule has 1 radical (unpaired) electrons. The summed E-state index contributed by atoms with van der Waals surface area (Å²) in [6.07, 6.45) is 4.34.